The number of H-pyrrole nitrogens is 1. The summed E-state index contributed by atoms with van der Waals surface area (Å²) in [6.45, 7) is 10.3. The van der Waals surface area contributed by atoms with Gasteiger partial charge in [-0.3, -0.25) is 14.4 Å². The maximum absolute atomic E-state index is 16.1. The van der Waals surface area contributed by atoms with Gasteiger partial charge in [-0.15, -0.1) is 13.2 Å². The molecule has 4 aromatic rings. The Balaban J connectivity index is 1.06. The van der Waals surface area contributed by atoms with Crippen LogP contribution in [0.15, 0.2) is 60.9 Å². The van der Waals surface area contributed by atoms with Crippen molar-refractivity contribution in [2.24, 2.45) is 11.3 Å². The van der Waals surface area contributed by atoms with Crippen LogP contribution in [0.4, 0.5) is 33.9 Å². The Morgan fingerprint density at radius 1 is 0.909 bits per heavy atom. The van der Waals surface area contributed by atoms with Gasteiger partial charge in [0.25, 0.3) is 5.91 Å². The number of nitrogens with one attached hydrogen (secondary N) is 3. The summed E-state index contributed by atoms with van der Waals surface area (Å²) in [6, 6.07) is 10.2. The molecule has 0 aliphatic carbocycles. The summed E-state index contributed by atoms with van der Waals surface area (Å²) in [5, 5.41) is 5.23. The van der Waals surface area contributed by atoms with Crippen molar-refractivity contribution in [2.75, 3.05) is 63.8 Å². The fraction of sp³-hybridized carbons (Fsp3) is 0.478. The van der Waals surface area contributed by atoms with Gasteiger partial charge in [-0.2, -0.15) is 0 Å². The van der Waals surface area contributed by atoms with E-state index in [0.29, 0.717) is 75.0 Å². The van der Waals surface area contributed by atoms with E-state index in [2.05, 4.69) is 30.3 Å². The highest BCUT2D eigenvalue weighted by Crippen LogP contribution is 2.40. The number of halogens is 4. The van der Waals surface area contributed by atoms with Crippen LogP contribution >= 0.6 is 0 Å². The molecule has 0 saturated carbocycles. The molecule has 5 heterocycles. The highest BCUT2D eigenvalue weighted by atomic mass is 19.4. The van der Waals surface area contributed by atoms with Crippen LogP contribution in [0.1, 0.15) is 69.2 Å². The first-order chi connectivity index (χ1) is 31.3. The van der Waals surface area contributed by atoms with Gasteiger partial charge < -0.3 is 49.3 Å². The second kappa shape index (κ2) is 19.7. The number of benzene rings is 2. The number of pyridine rings is 1. The van der Waals surface area contributed by atoms with Gasteiger partial charge in [0.1, 0.15) is 17.7 Å². The quantitative estimate of drug-likeness (QED) is 0.133. The topological polar surface area (TPSA) is 181 Å². The molecule has 7 rings (SSSR count). The van der Waals surface area contributed by atoms with E-state index in [0.717, 1.165) is 6.07 Å². The van der Waals surface area contributed by atoms with Crippen LogP contribution in [0.3, 0.4) is 0 Å². The number of rotatable bonds is 11. The molecule has 4 amide bonds. The molecular weight excluding hydrogens is 869 g/mol. The Bertz CT molecular complexity index is 2380. The summed E-state index contributed by atoms with van der Waals surface area (Å²) >= 11 is 0. The minimum atomic E-state index is -5.29. The third kappa shape index (κ3) is 10.7. The fourth-order valence-corrected chi connectivity index (χ4v) is 8.71. The lowest BCUT2D eigenvalue weighted by Gasteiger charge is -2.42. The highest BCUT2D eigenvalue weighted by molar-refractivity contribution is 6.05. The molecule has 354 valence electrons. The van der Waals surface area contributed by atoms with E-state index in [1.807, 2.05) is 37.5 Å². The highest BCUT2D eigenvalue weighted by Gasteiger charge is 2.43. The molecule has 16 nitrogen and oxygen atoms in total. The number of hydrogen-bond acceptors (Lipinski definition) is 11. The second-order valence-electron chi connectivity index (χ2n) is 17.7. The summed E-state index contributed by atoms with van der Waals surface area (Å²) in [5.41, 5.74) is -0.0159. The predicted octanol–water partition coefficient (Wildman–Crippen LogP) is 6.95. The molecule has 2 aromatic heterocycles. The lowest BCUT2D eigenvalue weighted by molar-refractivity contribution is -0.275. The minimum Gasteiger partial charge on any atom is -0.453 e. The Morgan fingerprint density at radius 3 is 2.24 bits per heavy atom. The van der Waals surface area contributed by atoms with Crippen molar-refractivity contribution in [1.82, 2.24) is 30.1 Å². The summed E-state index contributed by atoms with van der Waals surface area (Å²) in [5.74, 6) is -3.11. The normalized spacial score (nSPS) is 19.9. The molecule has 4 atom stereocenters. The first-order valence-corrected chi connectivity index (χ1v) is 21.7. The number of methoxy groups -OCH3 is 2. The molecule has 0 radical (unpaired) electrons. The summed E-state index contributed by atoms with van der Waals surface area (Å²) < 4.78 is 77.6. The van der Waals surface area contributed by atoms with E-state index in [1.165, 1.54) is 31.5 Å². The SMILES string of the molecule is COC(=O)N[C@H](C(=O)N1C[C@@H](OC)C[C@H]1c1ncc(-c2ccc(-c3ccc(C(=O)Nc4ccc(N5CCN(C(=O)C(C)(C)C)C[C@H]5C)nc4)c(F)c3OC(F)(F)F)cc2)[nH]1)C1CCOCC1. The van der Waals surface area contributed by atoms with Gasteiger partial charge in [0.15, 0.2) is 11.6 Å². The van der Waals surface area contributed by atoms with Gasteiger partial charge in [0.2, 0.25) is 11.8 Å². The van der Waals surface area contributed by atoms with Crippen LogP contribution in [0, 0.1) is 17.2 Å². The number of ether oxygens (including phenoxy) is 4. The number of imidazole rings is 1. The third-order valence-corrected chi connectivity index (χ3v) is 12.2. The molecule has 3 saturated heterocycles. The summed E-state index contributed by atoms with van der Waals surface area (Å²) in [4.78, 5) is 70.4. The molecule has 3 N–H and O–H groups in total. The maximum atomic E-state index is 16.1. The number of piperazine rings is 1. The number of hydrogen-bond donors (Lipinski definition) is 3. The van der Waals surface area contributed by atoms with Crippen LogP contribution in [0.2, 0.25) is 0 Å². The zero-order valence-corrected chi connectivity index (χ0v) is 37.5. The number of carbonyl (C=O) groups is 4. The molecular formula is C46H54F4N8O8. The number of nitrogens with zero attached hydrogens (tertiary/aromatic N) is 5. The van der Waals surface area contributed by atoms with Crippen molar-refractivity contribution < 1.29 is 55.7 Å². The molecule has 3 aliphatic rings. The van der Waals surface area contributed by atoms with Crippen LogP contribution < -0.4 is 20.3 Å². The molecule has 20 heteroatoms. The average molecular weight is 923 g/mol. The molecule has 3 fully saturated rings. The van der Waals surface area contributed by atoms with Gasteiger partial charge in [0.05, 0.1) is 48.6 Å². The first-order valence-electron chi connectivity index (χ1n) is 21.7. The maximum Gasteiger partial charge on any atom is 0.573 e. The van der Waals surface area contributed by atoms with E-state index in [9.17, 15) is 32.3 Å². The number of aromatic nitrogens is 3. The molecule has 0 bridgehead atoms. The minimum absolute atomic E-state index is 0.0515. The van der Waals surface area contributed by atoms with E-state index in [-0.39, 0.29) is 53.2 Å². The van der Waals surface area contributed by atoms with E-state index < -0.39 is 53.0 Å². The number of likely N-dealkylation sites (tertiary alicyclic amines) is 1. The lowest BCUT2D eigenvalue weighted by Crippen LogP contribution is -2.56. The number of amides is 4. The largest absolute Gasteiger partial charge is 0.573 e. The van der Waals surface area contributed by atoms with Crippen LogP contribution in [0.5, 0.6) is 5.75 Å². The number of carbonyl (C=O) groups excluding carboxylic acids is 4. The zero-order chi connectivity index (χ0) is 47.5. The predicted molar refractivity (Wildman–Crippen MR) is 234 cm³/mol. The molecule has 3 aliphatic heterocycles. The van der Waals surface area contributed by atoms with Crippen molar-refractivity contribution in [1.29, 1.82) is 0 Å². The number of alkyl carbamates (subject to hydrolysis) is 1. The van der Waals surface area contributed by atoms with Crippen molar-refractivity contribution in [3.8, 4) is 28.1 Å². The van der Waals surface area contributed by atoms with Gasteiger partial charge >= 0.3 is 12.5 Å². The first kappa shape index (κ1) is 47.7. The van der Waals surface area contributed by atoms with E-state index >= 15 is 4.39 Å². The number of anilines is 2. The number of aromatic amines is 1. The molecule has 2 aromatic carbocycles. The monoisotopic (exact) mass is 922 g/mol. The molecule has 0 unspecified atom stereocenters. The smallest absolute Gasteiger partial charge is 0.453 e. The second-order valence-corrected chi connectivity index (χ2v) is 17.7. The van der Waals surface area contributed by atoms with Crippen molar-refractivity contribution >= 4 is 35.3 Å². The average Bonchev–Trinajstić information content (AvgIpc) is 3.97. The van der Waals surface area contributed by atoms with Gasteiger partial charge in [-0.25, -0.2) is 19.2 Å². The Hall–Kier alpha value is -6.28. The van der Waals surface area contributed by atoms with Gasteiger partial charge in [-0.05, 0) is 61.1 Å². The summed E-state index contributed by atoms with van der Waals surface area (Å²) in [6.07, 6.45) is -1.86. The zero-order valence-electron chi connectivity index (χ0n) is 37.5. The molecule has 0 spiro atoms. The Labute approximate surface area is 379 Å². The van der Waals surface area contributed by atoms with Crippen LogP contribution in [-0.2, 0) is 23.8 Å². The van der Waals surface area contributed by atoms with Crippen molar-refractivity contribution in [2.45, 2.75) is 77.5 Å². The fourth-order valence-electron chi connectivity index (χ4n) is 8.71. The molecule has 66 heavy (non-hydrogen) atoms. The third-order valence-electron chi connectivity index (χ3n) is 12.2. The van der Waals surface area contributed by atoms with Crippen molar-refractivity contribution in [3.63, 3.8) is 0 Å². The lowest BCUT2D eigenvalue weighted by atomic mass is 9.90. The standard InChI is InChI=1S/C46H54F4N8O8/c1-26-24-56(43(61)45(2,3)4)17-18-57(26)36-14-11-30(22-51-36)53-41(59)33-13-12-32(39(37(33)47)66-46(48,49)50)27-7-9-28(10-8-27)34-23-52-40(54-34)35-21-31(63-5)25-58(35)42(60)38(55-44(62)64-6)29-15-19-65-20-16-29/h7-14,22-23,26,29,31,35,38H,15-21,24-25H2,1-6H3,(H,52,54)(H,53,59)(H,55,62)/t26-,31+,35+,38+/m1/s1. The van der Waals surface area contributed by atoms with Crippen LogP contribution in [-0.4, -0.2) is 127 Å². The van der Waals surface area contributed by atoms with Crippen LogP contribution in [0.25, 0.3) is 22.4 Å². The Morgan fingerprint density at radius 2 is 1.62 bits per heavy atom. The van der Waals surface area contributed by atoms with Crippen molar-refractivity contribution in [3.05, 3.63) is 78.1 Å². The van der Waals surface area contributed by atoms with E-state index in [4.69, 9.17) is 14.2 Å². The summed E-state index contributed by atoms with van der Waals surface area (Å²) in [7, 11) is 2.78. The number of alkyl halides is 3. The van der Waals surface area contributed by atoms with Gasteiger partial charge in [-0.1, -0.05) is 45.0 Å². The Kier molecular flexibility index (Phi) is 14.2. The van der Waals surface area contributed by atoms with Gasteiger partial charge in [0, 0.05) is 69.9 Å². The van der Waals surface area contributed by atoms with E-state index in [1.54, 1.807) is 42.5 Å².